The Kier molecular flexibility index (Phi) is 26.7. The van der Waals surface area contributed by atoms with E-state index < -0.39 is 0 Å². The van der Waals surface area contributed by atoms with Crippen molar-refractivity contribution in [1.82, 2.24) is 0 Å². The molecule has 0 saturated heterocycles. The van der Waals surface area contributed by atoms with Crippen LogP contribution < -0.4 is 0 Å². The molecule has 0 radical (unpaired) electrons. The molecule has 4 nitrogen and oxygen atoms in total. The van der Waals surface area contributed by atoms with Crippen molar-refractivity contribution in [3.8, 4) is 23.7 Å². The summed E-state index contributed by atoms with van der Waals surface area (Å²) < 4.78 is 10.2. The number of carbonyl (C=O) groups is 2. The van der Waals surface area contributed by atoms with Gasteiger partial charge in [-0.2, -0.15) is 0 Å². The molecule has 0 aromatic rings. The molecule has 0 saturated carbocycles. The normalized spacial score (nSPS) is 10.1. The highest BCUT2D eigenvalue weighted by atomic mass is 16.5. The second kappa shape index (κ2) is 28.3. The fourth-order valence-electron chi connectivity index (χ4n) is 3.73. The van der Waals surface area contributed by atoms with Gasteiger partial charge in [0.1, 0.15) is 0 Å². The molecule has 0 bridgehead atoms. The molecular weight excluding hydrogens is 436 g/mol. The topological polar surface area (TPSA) is 52.6 Å². The van der Waals surface area contributed by atoms with Crippen LogP contribution in [0.4, 0.5) is 0 Å². The minimum atomic E-state index is -0.315. The number of hydrogen-bond acceptors (Lipinski definition) is 4. The highest BCUT2D eigenvalue weighted by Crippen LogP contribution is 2.10. The van der Waals surface area contributed by atoms with Gasteiger partial charge in [0.25, 0.3) is 0 Å². The van der Waals surface area contributed by atoms with Crippen LogP contribution in [0.1, 0.15) is 149 Å². The maximum Gasteiger partial charge on any atom is 0.306 e. The summed E-state index contributed by atoms with van der Waals surface area (Å²) in [7, 11) is 0. The predicted octanol–water partition coefficient (Wildman–Crippen LogP) is 8.31. The molecule has 0 aliphatic heterocycles. The SMILES string of the molecule is CCCCCCCCCCC#CCOC(=O)CCCC(=O)OCC#CCCCCCCCCCC. The highest BCUT2D eigenvalue weighted by Gasteiger charge is 2.06. The van der Waals surface area contributed by atoms with Gasteiger partial charge in [0.15, 0.2) is 13.2 Å². The van der Waals surface area contributed by atoms with E-state index in [-0.39, 0.29) is 38.0 Å². The summed E-state index contributed by atoms with van der Waals surface area (Å²) in [4.78, 5) is 23.4. The Bertz CT molecular complexity index is 563. The number of unbranched alkanes of at least 4 members (excludes halogenated alkanes) is 16. The first-order valence-electron chi connectivity index (χ1n) is 14.4. The molecular formula is C31H52O4. The molecule has 200 valence electrons. The Balaban J connectivity index is 3.47. The molecule has 0 aromatic carbocycles. The van der Waals surface area contributed by atoms with E-state index in [0.29, 0.717) is 6.42 Å². The zero-order valence-electron chi connectivity index (χ0n) is 22.9. The van der Waals surface area contributed by atoms with Crippen LogP contribution in [0.25, 0.3) is 0 Å². The van der Waals surface area contributed by atoms with Crippen LogP contribution in [0.3, 0.4) is 0 Å². The summed E-state index contributed by atoms with van der Waals surface area (Å²) in [5, 5.41) is 0. The molecule has 0 aliphatic carbocycles. The van der Waals surface area contributed by atoms with Gasteiger partial charge in [0, 0.05) is 25.7 Å². The molecule has 35 heavy (non-hydrogen) atoms. The van der Waals surface area contributed by atoms with Crippen LogP contribution in [0.2, 0.25) is 0 Å². The van der Waals surface area contributed by atoms with Crippen molar-refractivity contribution in [3.05, 3.63) is 0 Å². The number of esters is 2. The van der Waals surface area contributed by atoms with E-state index in [1.54, 1.807) is 0 Å². The standard InChI is InChI=1S/C31H52O4/c1-3-5-7-9-11-13-15-17-19-21-23-28-34-30(32)26-25-27-31(33)35-29-24-22-20-18-16-14-12-10-8-6-4-2/h3-20,25-29H2,1-2H3. The summed E-state index contributed by atoms with van der Waals surface area (Å²) >= 11 is 0. The molecule has 0 spiro atoms. The van der Waals surface area contributed by atoms with Crippen LogP contribution >= 0.6 is 0 Å². The Hall–Kier alpha value is -1.94. The maximum absolute atomic E-state index is 11.7. The molecule has 0 atom stereocenters. The zero-order valence-corrected chi connectivity index (χ0v) is 22.9. The Morgan fingerprint density at radius 2 is 0.800 bits per heavy atom. The van der Waals surface area contributed by atoms with Gasteiger partial charge in [-0.1, -0.05) is 127 Å². The summed E-state index contributed by atoms with van der Waals surface area (Å²) in [6.45, 7) is 4.75. The van der Waals surface area contributed by atoms with Gasteiger partial charge >= 0.3 is 11.9 Å². The van der Waals surface area contributed by atoms with E-state index in [2.05, 4.69) is 37.5 Å². The largest absolute Gasteiger partial charge is 0.452 e. The first-order chi connectivity index (χ1) is 17.2. The minimum Gasteiger partial charge on any atom is -0.452 e. The third-order valence-corrected chi connectivity index (χ3v) is 5.93. The number of rotatable bonds is 22. The van der Waals surface area contributed by atoms with Gasteiger partial charge in [-0.05, 0) is 19.3 Å². The zero-order chi connectivity index (χ0) is 25.7. The van der Waals surface area contributed by atoms with E-state index in [1.807, 2.05) is 0 Å². The maximum atomic E-state index is 11.7. The summed E-state index contributed by atoms with van der Waals surface area (Å²) in [5.74, 6) is 11.3. The Labute approximate surface area is 216 Å². The fourth-order valence-corrected chi connectivity index (χ4v) is 3.73. The van der Waals surface area contributed by atoms with E-state index in [1.165, 1.54) is 89.9 Å². The molecule has 0 unspecified atom stereocenters. The van der Waals surface area contributed by atoms with Gasteiger partial charge in [0.05, 0.1) is 0 Å². The molecule has 0 aromatic heterocycles. The number of hydrogen-bond donors (Lipinski definition) is 0. The third kappa shape index (κ3) is 28.2. The quantitative estimate of drug-likeness (QED) is 0.0873. The first-order valence-corrected chi connectivity index (χ1v) is 14.4. The Morgan fingerprint density at radius 1 is 0.457 bits per heavy atom. The monoisotopic (exact) mass is 488 g/mol. The van der Waals surface area contributed by atoms with Crippen LogP contribution in [0.15, 0.2) is 0 Å². The fraction of sp³-hybridized carbons (Fsp3) is 0.806. The lowest BCUT2D eigenvalue weighted by molar-refractivity contribution is -0.144. The lowest BCUT2D eigenvalue weighted by Gasteiger charge is -2.02. The van der Waals surface area contributed by atoms with Crippen LogP contribution in [-0.4, -0.2) is 25.2 Å². The molecule has 0 N–H and O–H groups in total. The third-order valence-electron chi connectivity index (χ3n) is 5.93. The first kappa shape index (κ1) is 33.1. The molecule has 0 rings (SSSR count). The lowest BCUT2D eigenvalue weighted by atomic mass is 10.1. The molecule has 0 heterocycles. The summed E-state index contributed by atoms with van der Waals surface area (Å²) in [6, 6.07) is 0. The molecule has 0 aliphatic rings. The van der Waals surface area contributed by atoms with Crippen molar-refractivity contribution in [3.63, 3.8) is 0 Å². The van der Waals surface area contributed by atoms with Crippen molar-refractivity contribution in [2.45, 2.75) is 149 Å². The second-order valence-electron chi connectivity index (χ2n) is 9.33. The van der Waals surface area contributed by atoms with Crippen molar-refractivity contribution >= 4 is 11.9 Å². The lowest BCUT2D eigenvalue weighted by Crippen LogP contribution is -2.08. The van der Waals surface area contributed by atoms with Crippen LogP contribution in [0, 0.1) is 23.7 Å². The van der Waals surface area contributed by atoms with Crippen molar-refractivity contribution < 1.29 is 19.1 Å². The van der Waals surface area contributed by atoms with E-state index >= 15 is 0 Å². The molecule has 4 heteroatoms. The smallest absolute Gasteiger partial charge is 0.306 e. The molecule has 0 fully saturated rings. The van der Waals surface area contributed by atoms with E-state index in [0.717, 1.165) is 25.7 Å². The van der Waals surface area contributed by atoms with Gasteiger partial charge in [0.2, 0.25) is 0 Å². The predicted molar refractivity (Wildman–Crippen MR) is 146 cm³/mol. The number of ether oxygens (including phenoxy) is 2. The Morgan fingerprint density at radius 3 is 1.17 bits per heavy atom. The van der Waals surface area contributed by atoms with Crippen molar-refractivity contribution in [2.75, 3.05) is 13.2 Å². The average Bonchev–Trinajstić information content (AvgIpc) is 2.85. The van der Waals surface area contributed by atoms with Gasteiger partial charge in [-0.25, -0.2) is 0 Å². The van der Waals surface area contributed by atoms with Crippen molar-refractivity contribution in [1.29, 1.82) is 0 Å². The number of carbonyl (C=O) groups excluding carboxylic acids is 2. The second-order valence-corrected chi connectivity index (χ2v) is 9.33. The summed E-state index contributed by atoms with van der Waals surface area (Å²) in [6.07, 6.45) is 23.2. The highest BCUT2D eigenvalue weighted by molar-refractivity contribution is 5.72. The van der Waals surface area contributed by atoms with Gasteiger partial charge in [-0.3, -0.25) is 9.59 Å². The van der Waals surface area contributed by atoms with E-state index in [4.69, 9.17) is 9.47 Å². The van der Waals surface area contributed by atoms with E-state index in [9.17, 15) is 9.59 Å². The average molecular weight is 489 g/mol. The van der Waals surface area contributed by atoms with Crippen LogP contribution in [-0.2, 0) is 19.1 Å². The minimum absolute atomic E-state index is 0.134. The van der Waals surface area contributed by atoms with Gasteiger partial charge < -0.3 is 9.47 Å². The van der Waals surface area contributed by atoms with Crippen molar-refractivity contribution in [2.24, 2.45) is 0 Å². The summed E-state index contributed by atoms with van der Waals surface area (Å²) in [5.41, 5.74) is 0. The van der Waals surface area contributed by atoms with Gasteiger partial charge in [-0.15, -0.1) is 0 Å². The van der Waals surface area contributed by atoms with Crippen LogP contribution in [0.5, 0.6) is 0 Å². The molecule has 0 amide bonds.